The van der Waals surface area contributed by atoms with Crippen LogP contribution in [0.15, 0.2) is 0 Å². The van der Waals surface area contributed by atoms with Crippen LogP contribution in [0.2, 0.25) is 0 Å². The molecular weight excluding hydrogens is 774 g/mol. The van der Waals surface area contributed by atoms with E-state index in [1.54, 1.807) is 0 Å². The molecule has 358 valence electrons. The summed E-state index contributed by atoms with van der Waals surface area (Å²) in [5, 5.41) is 0. The van der Waals surface area contributed by atoms with Crippen molar-refractivity contribution < 1.29 is 42.1 Å². The summed E-state index contributed by atoms with van der Waals surface area (Å²) in [7, 11) is 1.18. The van der Waals surface area contributed by atoms with Gasteiger partial charge in [0.05, 0.1) is 27.7 Å². The maximum atomic E-state index is 12.7. The monoisotopic (exact) mass is 874 g/mol. The summed E-state index contributed by atoms with van der Waals surface area (Å²) < 4.78 is 33.9. The van der Waals surface area contributed by atoms with Crippen molar-refractivity contribution in [3.8, 4) is 0 Å². The molecule has 60 heavy (non-hydrogen) atoms. The Labute approximate surface area is 372 Å². The minimum absolute atomic E-state index is 0.0258. The quantitative estimate of drug-likeness (QED) is 0.0257. The van der Waals surface area contributed by atoms with E-state index in [2.05, 4.69) is 13.8 Å². The van der Waals surface area contributed by atoms with Crippen LogP contribution in [-0.4, -0.2) is 70.0 Å². The molecule has 2 atom stereocenters. The first kappa shape index (κ1) is 59.0. The molecule has 0 radical (unpaired) electrons. The molecule has 0 aliphatic rings. The van der Waals surface area contributed by atoms with Gasteiger partial charge in [-0.25, -0.2) is 0 Å². The number of rotatable bonds is 48. The topological polar surface area (TPSA) is 111 Å². The normalized spacial score (nSPS) is 13.4. The van der Waals surface area contributed by atoms with E-state index in [-0.39, 0.29) is 32.0 Å². The Bertz CT molecular complexity index is 990. The second-order valence-corrected chi connectivity index (χ2v) is 20.3. The van der Waals surface area contributed by atoms with E-state index in [0.717, 1.165) is 32.1 Å². The van der Waals surface area contributed by atoms with Crippen LogP contribution in [-0.2, 0) is 32.7 Å². The number of hydrogen-bond acceptors (Lipinski definition) is 8. The number of carbonyl (C=O) groups excluding carboxylic acids is 2. The van der Waals surface area contributed by atoms with Gasteiger partial charge in [0.15, 0.2) is 6.10 Å². The van der Waals surface area contributed by atoms with Gasteiger partial charge >= 0.3 is 11.9 Å². The summed E-state index contributed by atoms with van der Waals surface area (Å²) >= 11 is 0. The SMILES string of the molecule is CCCCCCCCCCCCCCCCCCCCCCCCCCCCCCC(=O)OC(COC(=O)CCCCCCCCCC)COP(=O)([O-])OCC[N+](C)(C)C. The Morgan fingerprint density at radius 2 is 0.750 bits per heavy atom. The fraction of sp³-hybridized carbons (Fsp3) is 0.960. The van der Waals surface area contributed by atoms with Crippen LogP contribution in [0, 0.1) is 0 Å². The first-order chi connectivity index (χ1) is 29.0. The number of likely N-dealkylation sites (N-methyl/N-ethyl adjacent to an activating group) is 1. The second kappa shape index (κ2) is 43.3. The molecule has 0 saturated heterocycles. The van der Waals surface area contributed by atoms with Gasteiger partial charge in [0.1, 0.15) is 19.8 Å². The van der Waals surface area contributed by atoms with E-state index in [1.807, 2.05) is 21.1 Å². The van der Waals surface area contributed by atoms with Crippen molar-refractivity contribution >= 4 is 19.8 Å². The van der Waals surface area contributed by atoms with E-state index in [9.17, 15) is 19.0 Å². The van der Waals surface area contributed by atoms with E-state index in [4.69, 9.17) is 18.5 Å². The highest BCUT2D eigenvalue weighted by atomic mass is 31.2. The van der Waals surface area contributed by atoms with Gasteiger partial charge in [-0.1, -0.05) is 232 Å². The summed E-state index contributed by atoms with van der Waals surface area (Å²) in [5.41, 5.74) is 0. The highest BCUT2D eigenvalue weighted by molar-refractivity contribution is 7.45. The fourth-order valence-corrected chi connectivity index (χ4v) is 8.33. The Balaban J connectivity index is 3.96. The number of quaternary nitrogens is 1. The summed E-state index contributed by atoms with van der Waals surface area (Å²) in [6.45, 7) is 4.24. The molecule has 0 fully saturated rings. The van der Waals surface area contributed by atoms with Gasteiger partial charge in [-0.05, 0) is 12.8 Å². The summed E-state index contributed by atoms with van der Waals surface area (Å²) in [6, 6.07) is 0. The molecule has 0 heterocycles. The van der Waals surface area contributed by atoms with Crippen molar-refractivity contribution in [2.24, 2.45) is 0 Å². The molecule has 0 saturated carbocycles. The van der Waals surface area contributed by atoms with Gasteiger partial charge in [0.25, 0.3) is 7.82 Å². The Kier molecular flexibility index (Phi) is 42.6. The highest BCUT2D eigenvalue weighted by Gasteiger charge is 2.21. The van der Waals surface area contributed by atoms with Crippen LogP contribution in [0.1, 0.15) is 258 Å². The predicted molar refractivity (Wildman–Crippen MR) is 250 cm³/mol. The molecular formula is C50H100NO8P. The number of unbranched alkanes of at least 4 members (excludes halogenated alkanes) is 34. The standard InChI is InChI=1S/C50H100NO8P/c1-6-8-10-12-14-16-17-18-19-20-21-22-23-24-25-26-27-28-29-30-31-32-33-34-35-37-39-41-43-50(53)59-48(47-58-60(54,55)57-45-44-51(3,4)5)46-56-49(52)42-40-38-36-15-13-11-9-7-2/h48H,6-47H2,1-5H3. The molecule has 0 aromatic carbocycles. The third-order valence-corrected chi connectivity index (χ3v) is 12.6. The molecule has 0 aliphatic carbocycles. The van der Waals surface area contributed by atoms with Gasteiger partial charge in [-0.15, -0.1) is 0 Å². The van der Waals surface area contributed by atoms with E-state index in [1.165, 1.54) is 193 Å². The number of carbonyl (C=O) groups is 2. The van der Waals surface area contributed by atoms with Crippen molar-refractivity contribution in [3.63, 3.8) is 0 Å². The van der Waals surface area contributed by atoms with Gasteiger partial charge in [0.2, 0.25) is 0 Å². The zero-order chi connectivity index (χ0) is 44.3. The molecule has 9 nitrogen and oxygen atoms in total. The summed E-state index contributed by atoms with van der Waals surface area (Å²) in [5.74, 6) is -0.823. The molecule has 2 unspecified atom stereocenters. The molecule has 0 N–H and O–H groups in total. The van der Waals surface area contributed by atoms with Gasteiger partial charge in [0, 0.05) is 12.8 Å². The summed E-state index contributed by atoms with van der Waals surface area (Å²) in [4.78, 5) is 37.5. The lowest BCUT2D eigenvalue weighted by atomic mass is 10.0. The van der Waals surface area contributed by atoms with Crippen LogP contribution in [0.3, 0.4) is 0 Å². The minimum Gasteiger partial charge on any atom is -0.756 e. The number of nitrogens with zero attached hydrogens (tertiary/aromatic N) is 1. The van der Waals surface area contributed by atoms with Crippen molar-refractivity contribution in [1.29, 1.82) is 0 Å². The third-order valence-electron chi connectivity index (χ3n) is 11.6. The largest absolute Gasteiger partial charge is 0.756 e. The van der Waals surface area contributed by atoms with Crippen LogP contribution in [0.25, 0.3) is 0 Å². The molecule has 0 spiro atoms. The molecule has 0 amide bonds. The maximum absolute atomic E-state index is 12.7. The first-order valence-electron chi connectivity index (χ1n) is 25.7. The summed E-state index contributed by atoms with van der Waals surface area (Å²) in [6.07, 6.45) is 46.0. The fourth-order valence-electron chi connectivity index (χ4n) is 7.60. The Hall–Kier alpha value is -0.990. The second-order valence-electron chi connectivity index (χ2n) is 18.9. The number of ether oxygens (including phenoxy) is 2. The minimum atomic E-state index is -4.61. The lowest BCUT2D eigenvalue weighted by Crippen LogP contribution is -2.37. The lowest BCUT2D eigenvalue weighted by molar-refractivity contribution is -0.870. The zero-order valence-electron chi connectivity index (χ0n) is 40.4. The average molecular weight is 874 g/mol. The smallest absolute Gasteiger partial charge is 0.306 e. The number of phosphoric ester groups is 1. The number of phosphoric acid groups is 1. The van der Waals surface area contributed by atoms with Crippen molar-refractivity contribution in [1.82, 2.24) is 0 Å². The third kappa shape index (κ3) is 46.5. The molecule has 0 aromatic heterocycles. The molecule has 0 bridgehead atoms. The van der Waals surface area contributed by atoms with Crippen molar-refractivity contribution in [2.45, 2.75) is 264 Å². The number of hydrogen-bond donors (Lipinski definition) is 0. The highest BCUT2D eigenvalue weighted by Crippen LogP contribution is 2.38. The van der Waals surface area contributed by atoms with Crippen molar-refractivity contribution in [3.05, 3.63) is 0 Å². The zero-order valence-corrected chi connectivity index (χ0v) is 41.3. The van der Waals surface area contributed by atoms with Crippen LogP contribution in [0.4, 0.5) is 0 Å². The van der Waals surface area contributed by atoms with Gasteiger partial charge in [-0.2, -0.15) is 0 Å². The average Bonchev–Trinajstić information content (AvgIpc) is 3.20. The van der Waals surface area contributed by atoms with Crippen LogP contribution in [0.5, 0.6) is 0 Å². The van der Waals surface area contributed by atoms with Crippen LogP contribution < -0.4 is 4.89 Å². The van der Waals surface area contributed by atoms with Gasteiger partial charge < -0.3 is 27.9 Å². The Morgan fingerprint density at radius 1 is 0.450 bits per heavy atom. The predicted octanol–water partition coefficient (Wildman–Crippen LogP) is 14.5. The Morgan fingerprint density at radius 3 is 1.07 bits per heavy atom. The maximum Gasteiger partial charge on any atom is 0.306 e. The van der Waals surface area contributed by atoms with Crippen molar-refractivity contribution in [2.75, 3.05) is 47.5 Å². The molecule has 10 heteroatoms. The molecule has 0 rings (SSSR count). The first-order valence-corrected chi connectivity index (χ1v) is 27.2. The molecule has 0 aromatic rings. The van der Waals surface area contributed by atoms with Crippen LogP contribution >= 0.6 is 7.82 Å². The van der Waals surface area contributed by atoms with E-state index >= 15 is 0 Å². The number of esters is 2. The van der Waals surface area contributed by atoms with Gasteiger partial charge in [-0.3, -0.25) is 14.2 Å². The molecule has 0 aliphatic heterocycles. The lowest BCUT2D eigenvalue weighted by Gasteiger charge is -2.28. The van der Waals surface area contributed by atoms with E-state index in [0.29, 0.717) is 17.4 Å². The van der Waals surface area contributed by atoms with E-state index < -0.39 is 26.5 Å².